The Morgan fingerprint density at radius 2 is 1.67 bits per heavy atom. The van der Waals surface area contributed by atoms with Gasteiger partial charge in [-0.2, -0.15) is 0 Å². The number of hydrogen-bond donors (Lipinski definition) is 2. The molecule has 24 heavy (non-hydrogen) atoms. The van der Waals surface area contributed by atoms with Gasteiger partial charge in [0.05, 0.1) is 11.0 Å². The molecule has 6 heteroatoms. The molecule has 1 aliphatic heterocycles. The molecular formula is C18H24N4O2. The molecule has 2 heterocycles. The number of piperazine rings is 1. The van der Waals surface area contributed by atoms with Gasteiger partial charge in [0.15, 0.2) is 0 Å². The molecule has 1 saturated carbocycles. The van der Waals surface area contributed by atoms with Crippen molar-refractivity contribution in [3.63, 3.8) is 0 Å². The smallest absolute Gasteiger partial charge is 0.323 e. The van der Waals surface area contributed by atoms with Crippen molar-refractivity contribution in [2.75, 3.05) is 31.1 Å². The average Bonchev–Trinajstić information content (AvgIpc) is 3.01. The first-order chi connectivity index (χ1) is 11.7. The molecule has 1 aromatic heterocycles. The Balaban J connectivity index is 1.41. The van der Waals surface area contributed by atoms with Crippen LogP contribution < -0.4 is 10.6 Å². The number of benzene rings is 1. The van der Waals surface area contributed by atoms with Crippen molar-refractivity contribution in [1.29, 1.82) is 0 Å². The summed E-state index contributed by atoms with van der Waals surface area (Å²) in [5, 5.41) is 0. The first-order valence-corrected chi connectivity index (χ1v) is 8.96. The van der Waals surface area contributed by atoms with Crippen molar-refractivity contribution in [3.05, 3.63) is 28.7 Å². The maximum atomic E-state index is 12.6. The van der Waals surface area contributed by atoms with Gasteiger partial charge in [0, 0.05) is 37.8 Å². The van der Waals surface area contributed by atoms with E-state index in [1.165, 1.54) is 19.3 Å². The Morgan fingerprint density at radius 1 is 0.958 bits per heavy atom. The van der Waals surface area contributed by atoms with E-state index in [2.05, 4.69) is 14.9 Å². The van der Waals surface area contributed by atoms with Gasteiger partial charge in [-0.05, 0) is 31.0 Å². The quantitative estimate of drug-likeness (QED) is 0.886. The van der Waals surface area contributed by atoms with E-state index in [-0.39, 0.29) is 11.6 Å². The molecule has 1 amide bonds. The number of carbonyl (C=O) groups excluding carboxylic acids is 1. The number of anilines is 1. The summed E-state index contributed by atoms with van der Waals surface area (Å²) in [6, 6.07) is 5.97. The largest absolute Gasteiger partial charge is 0.368 e. The van der Waals surface area contributed by atoms with Gasteiger partial charge in [-0.25, -0.2) is 4.79 Å². The molecule has 0 spiro atoms. The minimum absolute atomic E-state index is 0.176. The third-order valence-corrected chi connectivity index (χ3v) is 5.41. The molecule has 4 rings (SSSR count). The van der Waals surface area contributed by atoms with Crippen LogP contribution in [0.3, 0.4) is 0 Å². The molecule has 0 atom stereocenters. The molecule has 1 aromatic carbocycles. The Bertz CT molecular complexity index is 780. The number of aromatic nitrogens is 2. The highest BCUT2D eigenvalue weighted by atomic mass is 16.2. The minimum Gasteiger partial charge on any atom is -0.368 e. The zero-order chi connectivity index (χ0) is 16.5. The molecule has 2 N–H and O–H groups in total. The van der Waals surface area contributed by atoms with E-state index in [4.69, 9.17) is 0 Å². The Kier molecular flexibility index (Phi) is 4.04. The normalized spacial score (nSPS) is 19.8. The van der Waals surface area contributed by atoms with Crippen LogP contribution in [0.15, 0.2) is 23.0 Å². The van der Waals surface area contributed by atoms with Gasteiger partial charge in [-0.3, -0.25) is 4.79 Å². The lowest BCUT2D eigenvalue weighted by Gasteiger charge is -2.38. The minimum atomic E-state index is -0.176. The average molecular weight is 328 g/mol. The molecule has 0 radical (unpaired) electrons. The van der Waals surface area contributed by atoms with Gasteiger partial charge in [0.1, 0.15) is 0 Å². The summed E-state index contributed by atoms with van der Waals surface area (Å²) in [5.74, 6) is 0.617. The van der Waals surface area contributed by atoms with Crippen molar-refractivity contribution in [1.82, 2.24) is 14.9 Å². The molecule has 1 aliphatic carbocycles. The van der Waals surface area contributed by atoms with Crippen LogP contribution in [0.1, 0.15) is 32.1 Å². The number of hydrogen-bond acceptors (Lipinski definition) is 3. The third-order valence-electron chi connectivity index (χ3n) is 5.41. The predicted octanol–water partition coefficient (Wildman–Crippen LogP) is 2.09. The van der Waals surface area contributed by atoms with Gasteiger partial charge in [-0.1, -0.05) is 19.3 Å². The lowest BCUT2D eigenvalue weighted by atomic mass is 9.88. The summed E-state index contributed by atoms with van der Waals surface area (Å²) >= 11 is 0. The molecule has 0 bridgehead atoms. The van der Waals surface area contributed by atoms with Gasteiger partial charge < -0.3 is 19.8 Å². The molecule has 2 aliphatic rings. The van der Waals surface area contributed by atoms with E-state index < -0.39 is 0 Å². The number of amides is 1. The van der Waals surface area contributed by atoms with E-state index in [0.29, 0.717) is 5.91 Å². The van der Waals surface area contributed by atoms with Gasteiger partial charge in [-0.15, -0.1) is 0 Å². The second-order valence-electron chi connectivity index (χ2n) is 6.96. The Labute approximate surface area is 140 Å². The van der Waals surface area contributed by atoms with E-state index in [1.54, 1.807) is 0 Å². The number of imidazole rings is 1. The number of H-pyrrole nitrogens is 2. The third kappa shape index (κ3) is 2.92. The fourth-order valence-electron chi connectivity index (χ4n) is 4.01. The lowest BCUT2D eigenvalue weighted by Crippen LogP contribution is -2.50. The van der Waals surface area contributed by atoms with Crippen LogP contribution in [-0.4, -0.2) is 47.0 Å². The van der Waals surface area contributed by atoms with Gasteiger partial charge >= 0.3 is 5.69 Å². The number of rotatable bonds is 2. The van der Waals surface area contributed by atoms with Gasteiger partial charge in [0.2, 0.25) is 5.91 Å². The zero-order valence-corrected chi connectivity index (χ0v) is 13.9. The maximum Gasteiger partial charge on any atom is 0.323 e. The molecule has 1 saturated heterocycles. The van der Waals surface area contributed by atoms with E-state index in [0.717, 1.165) is 55.7 Å². The van der Waals surface area contributed by atoms with Gasteiger partial charge in [0.25, 0.3) is 0 Å². The van der Waals surface area contributed by atoms with Crippen molar-refractivity contribution in [2.24, 2.45) is 5.92 Å². The summed E-state index contributed by atoms with van der Waals surface area (Å²) in [6.45, 7) is 3.27. The summed E-state index contributed by atoms with van der Waals surface area (Å²) in [5.41, 5.74) is 2.58. The topological polar surface area (TPSA) is 72.2 Å². The fraction of sp³-hybridized carbons (Fsp3) is 0.556. The standard InChI is InChI=1S/C18H24N4O2/c23-17(13-4-2-1-3-5-13)22-10-8-21(9-11-22)14-6-7-15-16(12-14)20-18(24)19-15/h6-7,12-13H,1-5,8-11H2,(H2,19,20,24). The highest BCUT2D eigenvalue weighted by Gasteiger charge is 2.28. The van der Waals surface area contributed by atoms with Crippen molar-refractivity contribution < 1.29 is 4.79 Å². The molecule has 2 aromatic rings. The second kappa shape index (κ2) is 6.34. The predicted molar refractivity (Wildman–Crippen MR) is 94.3 cm³/mol. The maximum absolute atomic E-state index is 12.6. The van der Waals surface area contributed by atoms with Crippen LogP contribution in [0.5, 0.6) is 0 Å². The van der Waals surface area contributed by atoms with Crippen molar-refractivity contribution in [3.8, 4) is 0 Å². The summed E-state index contributed by atoms with van der Waals surface area (Å²) in [7, 11) is 0. The zero-order valence-electron chi connectivity index (χ0n) is 13.9. The van der Waals surface area contributed by atoms with Crippen LogP contribution in [0.2, 0.25) is 0 Å². The SMILES string of the molecule is O=C(C1CCCCC1)N1CCN(c2ccc3[nH]c(=O)[nH]c3c2)CC1. The van der Waals surface area contributed by atoms with Crippen LogP contribution in [0, 0.1) is 5.92 Å². The number of nitrogens with one attached hydrogen (secondary N) is 2. The Hall–Kier alpha value is -2.24. The summed E-state index contributed by atoms with van der Waals surface area (Å²) in [6.07, 6.45) is 5.81. The highest BCUT2D eigenvalue weighted by molar-refractivity contribution is 5.80. The van der Waals surface area contributed by atoms with Crippen LogP contribution in [-0.2, 0) is 4.79 Å². The number of nitrogens with zero attached hydrogens (tertiary/aromatic N) is 2. The van der Waals surface area contributed by atoms with E-state index in [1.807, 2.05) is 23.1 Å². The Morgan fingerprint density at radius 3 is 2.42 bits per heavy atom. The first-order valence-electron chi connectivity index (χ1n) is 8.96. The number of fused-ring (bicyclic) bond motifs is 1. The summed E-state index contributed by atoms with van der Waals surface area (Å²) < 4.78 is 0. The van der Waals surface area contributed by atoms with E-state index >= 15 is 0 Å². The molecule has 0 unspecified atom stereocenters. The van der Waals surface area contributed by atoms with Crippen molar-refractivity contribution in [2.45, 2.75) is 32.1 Å². The molecule has 6 nitrogen and oxygen atoms in total. The lowest BCUT2D eigenvalue weighted by molar-refractivity contribution is -0.136. The van der Waals surface area contributed by atoms with Crippen LogP contribution in [0.25, 0.3) is 11.0 Å². The van der Waals surface area contributed by atoms with E-state index in [9.17, 15) is 9.59 Å². The summed E-state index contributed by atoms with van der Waals surface area (Å²) in [4.78, 5) is 33.9. The van der Waals surface area contributed by atoms with Crippen LogP contribution in [0.4, 0.5) is 5.69 Å². The monoisotopic (exact) mass is 328 g/mol. The molecule has 2 fully saturated rings. The van der Waals surface area contributed by atoms with Crippen molar-refractivity contribution >= 4 is 22.6 Å². The number of aromatic amines is 2. The fourth-order valence-corrected chi connectivity index (χ4v) is 4.01. The first kappa shape index (κ1) is 15.3. The van der Waals surface area contributed by atoms with Crippen LogP contribution >= 0.6 is 0 Å². The highest BCUT2D eigenvalue weighted by Crippen LogP contribution is 2.26. The molecule has 128 valence electrons. The molecular weight excluding hydrogens is 304 g/mol. The second-order valence-corrected chi connectivity index (χ2v) is 6.96. The number of carbonyl (C=O) groups is 1.